The number of nitrogens with one attached hydrogen (secondary N) is 3. The molecule has 1 aliphatic heterocycles. The van der Waals surface area contributed by atoms with Crippen molar-refractivity contribution in [2.75, 3.05) is 54.8 Å². The van der Waals surface area contributed by atoms with Gasteiger partial charge in [0.05, 0.1) is 0 Å². The van der Waals surface area contributed by atoms with Gasteiger partial charge in [-0.1, -0.05) is 113 Å². The molecule has 66 heavy (non-hydrogen) atoms. The van der Waals surface area contributed by atoms with Crippen LogP contribution >= 0.6 is 0 Å². The summed E-state index contributed by atoms with van der Waals surface area (Å²) in [5.41, 5.74) is 5.24. The van der Waals surface area contributed by atoms with Gasteiger partial charge in [0.25, 0.3) is 0 Å². The van der Waals surface area contributed by atoms with E-state index in [1.54, 1.807) is 29.2 Å². The van der Waals surface area contributed by atoms with Crippen LogP contribution in [0.4, 0.5) is 25.8 Å². The fraction of sp³-hybridized carbons (Fsp3) is 0.358. The van der Waals surface area contributed by atoms with Crippen LogP contribution in [0, 0.1) is 11.6 Å². The Morgan fingerprint density at radius 3 is 1.73 bits per heavy atom. The third-order valence-electron chi connectivity index (χ3n) is 12.3. The van der Waals surface area contributed by atoms with Crippen LogP contribution in [0.1, 0.15) is 87.7 Å². The SMILES string of the molecule is CCN(CC)[C@@H](C(=O)NCCCC(=O)Nc1ccc(CN(Cc2ccc(NC(=O)[C@@H]3CCCN3C(=O)[C@@H](c3ccccc3)N(CC)CC)cc2)c2ccc(F)c(F)c2)cc1)c1ccccc1. The molecule has 1 heterocycles. The van der Waals surface area contributed by atoms with Crippen molar-refractivity contribution in [3.8, 4) is 0 Å². The number of benzene rings is 5. The van der Waals surface area contributed by atoms with Crippen LogP contribution < -0.4 is 20.9 Å². The summed E-state index contributed by atoms with van der Waals surface area (Å²) >= 11 is 0. The number of likely N-dealkylation sites (tertiary alicyclic amines) is 1. The molecule has 0 radical (unpaired) electrons. The summed E-state index contributed by atoms with van der Waals surface area (Å²) < 4.78 is 28.6. The summed E-state index contributed by atoms with van der Waals surface area (Å²) in [5, 5.41) is 8.97. The molecule has 1 aliphatic rings. The lowest BCUT2D eigenvalue weighted by Crippen LogP contribution is -2.48. The number of nitrogens with zero attached hydrogens (tertiary/aromatic N) is 4. The summed E-state index contributed by atoms with van der Waals surface area (Å²) in [6.07, 6.45) is 2.00. The summed E-state index contributed by atoms with van der Waals surface area (Å²) in [6.45, 7) is 12.5. The smallest absolute Gasteiger partial charge is 0.247 e. The number of hydrogen-bond donors (Lipinski definition) is 3. The molecule has 0 spiro atoms. The summed E-state index contributed by atoms with van der Waals surface area (Å²) in [7, 11) is 0. The van der Waals surface area contributed by atoms with E-state index in [0.717, 1.165) is 47.8 Å². The minimum Gasteiger partial charge on any atom is -0.363 e. The van der Waals surface area contributed by atoms with Gasteiger partial charge in [-0.2, -0.15) is 0 Å². The van der Waals surface area contributed by atoms with Gasteiger partial charge < -0.3 is 25.8 Å². The molecule has 11 nitrogen and oxygen atoms in total. The standard InChI is InChI=1S/C53H63F2N7O4/c1-5-59(6-2)49(40-17-11-9-12-18-40)52(65)56-33-15-22-48(63)57-42-27-23-38(24-28-42)36-61(44-31-32-45(54)46(55)35-44)37-39-25-29-43(30-26-39)58-51(64)47-21-16-34-62(47)53(66)50(60(7-3)8-4)41-19-13-10-14-20-41/h9-14,17-20,23-32,35,47,49-50H,5-8,15-16,21-22,33-34,36-37H2,1-4H3,(H,56,65)(H,57,63)(H,58,64)/t47-,49+,50+/m0/s1. The molecule has 0 aliphatic carbocycles. The largest absolute Gasteiger partial charge is 0.363 e. The van der Waals surface area contributed by atoms with E-state index in [1.165, 1.54) is 12.1 Å². The zero-order chi connectivity index (χ0) is 47.0. The van der Waals surface area contributed by atoms with Gasteiger partial charge in [0.1, 0.15) is 18.1 Å². The molecule has 3 atom stereocenters. The zero-order valence-electron chi connectivity index (χ0n) is 38.5. The average molecular weight is 900 g/mol. The number of anilines is 3. The highest BCUT2D eigenvalue weighted by Crippen LogP contribution is 2.30. The lowest BCUT2D eigenvalue weighted by molar-refractivity contribution is -0.141. The fourth-order valence-electron chi connectivity index (χ4n) is 8.70. The van der Waals surface area contributed by atoms with Crippen LogP contribution in [0.2, 0.25) is 0 Å². The van der Waals surface area contributed by atoms with Crippen molar-refractivity contribution in [1.29, 1.82) is 0 Å². The number of likely N-dealkylation sites (N-methyl/N-ethyl adjacent to an activating group) is 2. The maximum absolute atomic E-state index is 14.6. The molecule has 5 aromatic carbocycles. The number of carbonyl (C=O) groups is 4. The second-order valence-electron chi connectivity index (χ2n) is 16.5. The third-order valence-corrected chi connectivity index (χ3v) is 12.3. The minimum absolute atomic E-state index is 0.0763. The van der Waals surface area contributed by atoms with Crippen LogP contribution in [0.15, 0.2) is 127 Å². The Morgan fingerprint density at radius 2 is 1.18 bits per heavy atom. The molecule has 0 saturated carbocycles. The number of amides is 4. The number of rotatable bonds is 22. The molecular formula is C53H63F2N7O4. The first-order chi connectivity index (χ1) is 32.0. The molecule has 13 heteroatoms. The monoisotopic (exact) mass is 899 g/mol. The van der Waals surface area contributed by atoms with Gasteiger partial charge in [-0.25, -0.2) is 8.78 Å². The van der Waals surface area contributed by atoms with Crippen molar-refractivity contribution in [3.63, 3.8) is 0 Å². The highest BCUT2D eigenvalue weighted by Gasteiger charge is 2.39. The van der Waals surface area contributed by atoms with E-state index in [9.17, 15) is 28.0 Å². The fourth-order valence-corrected chi connectivity index (χ4v) is 8.70. The van der Waals surface area contributed by atoms with E-state index in [2.05, 4.69) is 25.8 Å². The first-order valence-electron chi connectivity index (χ1n) is 23.2. The van der Waals surface area contributed by atoms with E-state index >= 15 is 0 Å². The van der Waals surface area contributed by atoms with Crippen molar-refractivity contribution in [3.05, 3.63) is 161 Å². The van der Waals surface area contributed by atoms with Crippen molar-refractivity contribution in [1.82, 2.24) is 20.0 Å². The lowest BCUT2D eigenvalue weighted by Gasteiger charge is -2.34. The molecule has 0 aromatic heterocycles. The van der Waals surface area contributed by atoms with Crippen LogP contribution in [-0.2, 0) is 32.3 Å². The number of halogens is 2. The molecular weight excluding hydrogens is 837 g/mol. The minimum atomic E-state index is -0.959. The topological polar surface area (TPSA) is 117 Å². The molecule has 0 bridgehead atoms. The Bertz CT molecular complexity index is 2340. The van der Waals surface area contributed by atoms with E-state index in [-0.39, 0.29) is 30.0 Å². The van der Waals surface area contributed by atoms with Gasteiger partial charge in [0.2, 0.25) is 23.6 Å². The Labute approximate surface area is 388 Å². The van der Waals surface area contributed by atoms with Crippen LogP contribution in [0.5, 0.6) is 0 Å². The Morgan fingerprint density at radius 1 is 0.652 bits per heavy atom. The predicted octanol–water partition coefficient (Wildman–Crippen LogP) is 9.10. The first kappa shape index (κ1) is 49.0. The summed E-state index contributed by atoms with van der Waals surface area (Å²) in [5.74, 6) is -2.49. The Hall–Kier alpha value is -6.44. The van der Waals surface area contributed by atoms with Crippen LogP contribution in [-0.4, -0.2) is 83.6 Å². The molecule has 3 N–H and O–H groups in total. The summed E-state index contributed by atoms with van der Waals surface area (Å²) in [4.78, 5) is 61.9. The third kappa shape index (κ3) is 12.9. The number of carbonyl (C=O) groups excluding carboxylic acids is 4. The van der Waals surface area contributed by atoms with E-state index in [1.807, 2.05) is 118 Å². The second kappa shape index (κ2) is 24.2. The molecule has 0 unspecified atom stereocenters. The van der Waals surface area contributed by atoms with Crippen molar-refractivity contribution in [2.45, 2.75) is 84.6 Å². The van der Waals surface area contributed by atoms with Gasteiger partial charge in [0.15, 0.2) is 11.6 Å². The maximum Gasteiger partial charge on any atom is 0.247 e. The lowest BCUT2D eigenvalue weighted by atomic mass is 10.0. The molecule has 1 fully saturated rings. The molecule has 4 amide bonds. The van der Waals surface area contributed by atoms with Crippen LogP contribution in [0.25, 0.3) is 0 Å². The van der Waals surface area contributed by atoms with Gasteiger partial charge in [-0.15, -0.1) is 0 Å². The van der Waals surface area contributed by atoms with Crippen molar-refractivity contribution >= 4 is 40.7 Å². The van der Waals surface area contributed by atoms with E-state index in [4.69, 9.17) is 0 Å². The average Bonchev–Trinajstić information content (AvgIpc) is 3.84. The first-order valence-corrected chi connectivity index (χ1v) is 23.2. The zero-order valence-corrected chi connectivity index (χ0v) is 38.5. The predicted molar refractivity (Wildman–Crippen MR) is 258 cm³/mol. The van der Waals surface area contributed by atoms with E-state index < -0.39 is 29.8 Å². The van der Waals surface area contributed by atoms with Crippen LogP contribution in [0.3, 0.4) is 0 Å². The highest BCUT2D eigenvalue weighted by molar-refractivity contribution is 5.98. The highest BCUT2D eigenvalue weighted by atomic mass is 19.2. The number of hydrogen-bond acceptors (Lipinski definition) is 7. The maximum atomic E-state index is 14.6. The van der Waals surface area contributed by atoms with Gasteiger partial charge in [0, 0.05) is 55.7 Å². The molecule has 5 aromatic rings. The van der Waals surface area contributed by atoms with Gasteiger partial charge in [-0.3, -0.25) is 29.0 Å². The molecule has 1 saturated heterocycles. The quantitative estimate of drug-likeness (QED) is 0.0594. The second-order valence-corrected chi connectivity index (χ2v) is 16.5. The molecule has 348 valence electrons. The van der Waals surface area contributed by atoms with Gasteiger partial charge >= 0.3 is 0 Å². The summed E-state index contributed by atoms with van der Waals surface area (Å²) in [6, 6.07) is 36.4. The van der Waals surface area contributed by atoms with Crippen molar-refractivity contribution < 1.29 is 28.0 Å². The van der Waals surface area contributed by atoms with Crippen molar-refractivity contribution in [2.24, 2.45) is 0 Å². The Kier molecular flexibility index (Phi) is 18.0. The molecule has 6 rings (SSSR count). The van der Waals surface area contributed by atoms with Gasteiger partial charge in [-0.05, 0) is 104 Å². The normalized spacial score (nSPS) is 14.5. The Balaban J connectivity index is 1.04. The van der Waals surface area contributed by atoms with E-state index in [0.29, 0.717) is 69.2 Å².